The number of nitrogens with zero attached hydrogens (tertiary/aromatic N) is 6. The second kappa shape index (κ2) is 8.02. The molecule has 0 bridgehead atoms. The van der Waals surface area contributed by atoms with Crippen LogP contribution in [0, 0.1) is 5.92 Å². The van der Waals surface area contributed by atoms with Crippen molar-refractivity contribution in [3.05, 3.63) is 30.5 Å². The number of carbonyl (C=O) groups is 1. The van der Waals surface area contributed by atoms with Crippen LogP contribution in [0.1, 0.15) is 37.3 Å². The quantitative estimate of drug-likeness (QED) is 0.783. The van der Waals surface area contributed by atoms with Gasteiger partial charge in [-0.25, -0.2) is 9.97 Å². The Balaban J connectivity index is 1.48. The van der Waals surface area contributed by atoms with Crippen LogP contribution in [0.3, 0.4) is 0 Å². The lowest BCUT2D eigenvalue weighted by Crippen LogP contribution is -2.41. The largest absolute Gasteiger partial charge is 0.378 e. The molecule has 1 unspecified atom stereocenters. The summed E-state index contributed by atoms with van der Waals surface area (Å²) in [6.07, 6.45) is 11.1. The highest BCUT2D eigenvalue weighted by atomic mass is 16.5. The van der Waals surface area contributed by atoms with Crippen LogP contribution in [0.25, 0.3) is 11.3 Å². The fourth-order valence-electron chi connectivity index (χ4n) is 4.24. The lowest BCUT2D eigenvalue weighted by Gasteiger charge is -2.34. The van der Waals surface area contributed by atoms with Gasteiger partial charge in [-0.05, 0) is 25.7 Å². The third-order valence-electron chi connectivity index (χ3n) is 5.98. The molecule has 3 aliphatic rings. The van der Waals surface area contributed by atoms with Gasteiger partial charge in [-0.15, -0.1) is 0 Å². The Morgan fingerprint density at radius 2 is 1.90 bits per heavy atom. The minimum Gasteiger partial charge on any atom is -0.378 e. The van der Waals surface area contributed by atoms with Gasteiger partial charge in [0.15, 0.2) is 0 Å². The molecule has 0 radical (unpaired) electrons. The number of carbonyl (C=O) groups excluding carboxylic acids is 1. The van der Waals surface area contributed by atoms with E-state index in [0.717, 1.165) is 74.8 Å². The van der Waals surface area contributed by atoms with Gasteiger partial charge in [0, 0.05) is 62.2 Å². The Bertz CT molecular complexity index is 867. The summed E-state index contributed by atoms with van der Waals surface area (Å²) in [4.78, 5) is 35.2. The first kappa shape index (κ1) is 18.4. The molecule has 3 fully saturated rings. The van der Waals surface area contributed by atoms with Crippen LogP contribution < -0.4 is 4.90 Å². The molecule has 1 amide bonds. The van der Waals surface area contributed by atoms with Gasteiger partial charge in [0.2, 0.25) is 11.9 Å². The van der Waals surface area contributed by atoms with Crippen molar-refractivity contribution in [1.29, 1.82) is 0 Å². The molecule has 1 aliphatic carbocycles. The molecule has 0 N–H and O–H groups in total. The maximum Gasteiger partial charge on any atom is 0.225 e. The van der Waals surface area contributed by atoms with E-state index in [-0.39, 0.29) is 11.8 Å². The SMILES string of the molecule is O=C(C1CC1)N1CCCC(c2nc(N3CCOCC3)ncc2-c2cnccn2)C1. The summed E-state index contributed by atoms with van der Waals surface area (Å²) >= 11 is 0. The van der Waals surface area contributed by atoms with E-state index in [1.54, 1.807) is 18.6 Å². The molecular formula is C21H26N6O2. The van der Waals surface area contributed by atoms with Gasteiger partial charge in [-0.3, -0.25) is 14.8 Å². The second-order valence-corrected chi connectivity index (χ2v) is 8.06. The van der Waals surface area contributed by atoms with Crippen molar-refractivity contribution in [2.75, 3.05) is 44.3 Å². The molecule has 29 heavy (non-hydrogen) atoms. The number of aromatic nitrogens is 4. The highest BCUT2D eigenvalue weighted by molar-refractivity contribution is 5.81. The molecule has 2 aromatic rings. The fourth-order valence-corrected chi connectivity index (χ4v) is 4.24. The summed E-state index contributed by atoms with van der Waals surface area (Å²) in [7, 11) is 0. The number of ether oxygens (including phenoxy) is 1. The Labute approximate surface area is 170 Å². The third-order valence-corrected chi connectivity index (χ3v) is 5.98. The molecular weight excluding hydrogens is 368 g/mol. The monoisotopic (exact) mass is 394 g/mol. The number of amides is 1. The second-order valence-electron chi connectivity index (χ2n) is 8.06. The average molecular weight is 394 g/mol. The average Bonchev–Trinajstić information content (AvgIpc) is 3.65. The van der Waals surface area contributed by atoms with Crippen molar-refractivity contribution in [3.8, 4) is 11.3 Å². The molecule has 1 atom stereocenters. The fraction of sp³-hybridized carbons (Fsp3) is 0.571. The van der Waals surface area contributed by atoms with Gasteiger partial charge in [-0.1, -0.05) is 0 Å². The smallest absolute Gasteiger partial charge is 0.225 e. The molecule has 8 nitrogen and oxygen atoms in total. The summed E-state index contributed by atoms with van der Waals surface area (Å²) in [6.45, 7) is 4.55. The lowest BCUT2D eigenvalue weighted by molar-refractivity contribution is -0.133. The minimum atomic E-state index is 0.186. The number of likely N-dealkylation sites (tertiary alicyclic amines) is 1. The van der Waals surface area contributed by atoms with Crippen molar-refractivity contribution >= 4 is 11.9 Å². The first-order valence-corrected chi connectivity index (χ1v) is 10.5. The molecule has 2 aromatic heterocycles. The zero-order valence-electron chi connectivity index (χ0n) is 16.5. The first-order chi connectivity index (χ1) is 14.3. The number of rotatable bonds is 4. The highest BCUT2D eigenvalue weighted by Gasteiger charge is 2.36. The standard InChI is InChI=1S/C21H26N6O2/c28-20(15-3-4-15)27-7-1-2-16(14-27)19-17(18-13-22-5-6-23-18)12-24-21(25-19)26-8-10-29-11-9-26/h5-6,12-13,15-16H,1-4,7-11,14H2. The van der Waals surface area contributed by atoms with E-state index in [2.05, 4.69) is 19.9 Å². The topological polar surface area (TPSA) is 84.3 Å². The Morgan fingerprint density at radius 3 is 2.66 bits per heavy atom. The zero-order valence-corrected chi connectivity index (χ0v) is 16.5. The van der Waals surface area contributed by atoms with Gasteiger partial charge < -0.3 is 14.5 Å². The van der Waals surface area contributed by atoms with E-state index in [0.29, 0.717) is 19.1 Å². The minimum absolute atomic E-state index is 0.186. The molecule has 0 spiro atoms. The van der Waals surface area contributed by atoms with Crippen LogP contribution in [-0.2, 0) is 9.53 Å². The van der Waals surface area contributed by atoms with Crippen molar-refractivity contribution in [1.82, 2.24) is 24.8 Å². The van der Waals surface area contributed by atoms with Gasteiger partial charge in [0.1, 0.15) is 0 Å². The Morgan fingerprint density at radius 1 is 1.03 bits per heavy atom. The number of piperidine rings is 1. The summed E-state index contributed by atoms with van der Waals surface area (Å²) in [5, 5.41) is 0. The van der Waals surface area contributed by atoms with E-state index < -0.39 is 0 Å². The van der Waals surface area contributed by atoms with Crippen LogP contribution >= 0.6 is 0 Å². The lowest BCUT2D eigenvalue weighted by atomic mass is 9.91. The molecule has 2 saturated heterocycles. The molecule has 2 aliphatic heterocycles. The van der Waals surface area contributed by atoms with Gasteiger partial charge in [-0.2, -0.15) is 0 Å². The van der Waals surface area contributed by atoms with E-state index in [1.807, 2.05) is 11.1 Å². The predicted molar refractivity (Wildman–Crippen MR) is 107 cm³/mol. The van der Waals surface area contributed by atoms with E-state index in [4.69, 9.17) is 9.72 Å². The van der Waals surface area contributed by atoms with Crippen LogP contribution in [0.15, 0.2) is 24.8 Å². The zero-order chi connectivity index (χ0) is 19.6. The summed E-state index contributed by atoms with van der Waals surface area (Å²) in [5.41, 5.74) is 2.68. The Hall–Kier alpha value is -2.61. The number of hydrogen-bond acceptors (Lipinski definition) is 7. The van der Waals surface area contributed by atoms with E-state index in [9.17, 15) is 4.79 Å². The van der Waals surface area contributed by atoms with Crippen molar-refractivity contribution in [2.45, 2.75) is 31.6 Å². The van der Waals surface area contributed by atoms with Crippen molar-refractivity contribution < 1.29 is 9.53 Å². The normalized spacial score (nSPS) is 22.6. The molecule has 5 rings (SSSR count). The summed E-state index contributed by atoms with van der Waals surface area (Å²) in [5.74, 6) is 1.49. The van der Waals surface area contributed by atoms with Gasteiger partial charge >= 0.3 is 0 Å². The van der Waals surface area contributed by atoms with E-state index >= 15 is 0 Å². The van der Waals surface area contributed by atoms with Gasteiger partial charge in [0.25, 0.3) is 0 Å². The number of morpholine rings is 1. The Kier molecular flexibility index (Phi) is 5.10. The predicted octanol–water partition coefficient (Wildman–Crippen LogP) is 1.89. The van der Waals surface area contributed by atoms with Crippen molar-refractivity contribution in [3.63, 3.8) is 0 Å². The van der Waals surface area contributed by atoms with Crippen molar-refractivity contribution in [2.24, 2.45) is 5.92 Å². The van der Waals surface area contributed by atoms with Crippen LogP contribution in [0.4, 0.5) is 5.95 Å². The number of hydrogen-bond donors (Lipinski definition) is 0. The summed E-state index contributed by atoms with van der Waals surface area (Å²) in [6, 6.07) is 0. The highest BCUT2D eigenvalue weighted by Crippen LogP contribution is 2.36. The first-order valence-electron chi connectivity index (χ1n) is 10.5. The maximum atomic E-state index is 12.7. The van der Waals surface area contributed by atoms with Crippen LogP contribution in [0.5, 0.6) is 0 Å². The summed E-state index contributed by atoms with van der Waals surface area (Å²) < 4.78 is 5.47. The third kappa shape index (κ3) is 3.94. The van der Waals surface area contributed by atoms with E-state index in [1.165, 1.54) is 0 Å². The molecule has 8 heteroatoms. The molecule has 4 heterocycles. The molecule has 1 saturated carbocycles. The number of anilines is 1. The van der Waals surface area contributed by atoms with Crippen LogP contribution in [0.2, 0.25) is 0 Å². The maximum absolute atomic E-state index is 12.7. The van der Waals surface area contributed by atoms with Crippen LogP contribution in [-0.4, -0.2) is 70.1 Å². The van der Waals surface area contributed by atoms with Gasteiger partial charge in [0.05, 0.1) is 30.8 Å². The molecule has 152 valence electrons. The molecule has 0 aromatic carbocycles.